The lowest BCUT2D eigenvalue weighted by Crippen LogP contribution is -2.17. The third-order valence-corrected chi connectivity index (χ3v) is 4.15. The molecule has 126 valence electrons. The zero-order valence-electron chi connectivity index (χ0n) is 13.1. The highest BCUT2D eigenvalue weighted by atomic mass is 35.5. The minimum Gasteiger partial charge on any atom is -0.386 e. The van der Waals surface area contributed by atoms with E-state index < -0.39 is 0 Å². The van der Waals surface area contributed by atoms with Crippen LogP contribution in [0.4, 0.5) is 5.69 Å². The molecule has 0 aromatic heterocycles. The first-order chi connectivity index (χ1) is 11.5. The molecular weight excluding hydrogens is 367 g/mol. The Kier molecular flexibility index (Phi) is 6.98. The molecule has 0 saturated carbocycles. The summed E-state index contributed by atoms with van der Waals surface area (Å²) < 4.78 is 0. The van der Waals surface area contributed by atoms with E-state index in [1.165, 1.54) is 0 Å². The lowest BCUT2D eigenvalue weighted by Gasteiger charge is -2.10. The summed E-state index contributed by atoms with van der Waals surface area (Å²) in [5, 5.41) is 7.55. The van der Waals surface area contributed by atoms with E-state index in [0.29, 0.717) is 39.3 Å². The van der Waals surface area contributed by atoms with Gasteiger partial charge in [0.15, 0.2) is 0 Å². The van der Waals surface area contributed by atoms with Gasteiger partial charge in [-0.25, -0.2) is 0 Å². The van der Waals surface area contributed by atoms with Gasteiger partial charge in [0.25, 0.3) is 5.91 Å². The fourth-order valence-corrected chi connectivity index (χ4v) is 2.60. The van der Waals surface area contributed by atoms with Crippen LogP contribution in [-0.4, -0.2) is 5.91 Å². The number of anilines is 1. The topological polar surface area (TPSA) is 41.1 Å². The van der Waals surface area contributed by atoms with Crippen molar-refractivity contribution in [1.82, 2.24) is 5.32 Å². The zero-order chi connectivity index (χ0) is 17.5. The van der Waals surface area contributed by atoms with Crippen LogP contribution in [0.15, 0.2) is 54.2 Å². The number of rotatable bonds is 6. The van der Waals surface area contributed by atoms with E-state index in [-0.39, 0.29) is 5.91 Å². The van der Waals surface area contributed by atoms with Gasteiger partial charge < -0.3 is 10.6 Å². The van der Waals surface area contributed by atoms with Gasteiger partial charge in [-0.3, -0.25) is 4.79 Å². The number of hydrogen-bond acceptors (Lipinski definition) is 2. The lowest BCUT2D eigenvalue weighted by molar-refractivity contribution is -0.113. The first-order valence-corrected chi connectivity index (χ1v) is 8.56. The Balaban J connectivity index is 1.98. The summed E-state index contributed by atoms with van der Waals surface area (Å²) in [6.45, 7) is 2.52. The molecule has 0 saturated heterocycles. The third-order valence-electron chi connectivity index (χ3n) is 3.35. The molecule has 0 atom stereocenters. The Bertz CT molecular complexity index is 742. The molecule has 2 aromatic rings. The quantitative estimate of drug-likeness (QED) is 0.631. The predicted octanol–water partition coefficient (Wildman–Crippen LogP) is 5.67. The van der Waals surface area contributed by atoms with E-state index in [0.717, 1.165) is 5.56 Å². The molecule has 0 unspecified atom stereocenters. The van der Waals surface area contributed by atoms with Gasteiger partial charge in [0.05, 0.1) is 10.7 Å². The van der Waals surface area contributed by atoms with Crippen LogP contribution in [0.1, 0.15) is 18.9 Å². The average molecular weight is 384 g/mol. The Morgan fingerprint density at radius 1 is 1.04 bits per heavy atom. The smallest absolute Gasteiger partial charge is 0.253 e. The van der Waals surface area contributed by atoms with Gasteiger partial charge in [0, 0.05) is 28.4 Å². The Morgan fingerprint density at radius 3 is 2.33 bits per heavy atom. The highest BCUT2D eigenvalue weighted by Crippen LogP contribution is 2.25. The number of carbonyl (C=O) groups excluding carboxylic acids is 1. The molecule has 0 heterocycles. The fourth-order valence-electron chi connectivity index (χ4n) is 2.02. The van der Waals surface area contributed by atoms with Crippen molar-refractivity contribution in [2.24, 2.45) is 0 Å². The molecule has 2 aromatic carbocycles. The van der Waals surface area contributed by atoms with Gasteiger partial charge in [-0.15, -0.1) is 0 Å². The molecule has 0 aliphatic heterocycles. The maximum Gasteiger partial charge on any atom is 0.253 e. The van der Waals surface area contributed by atoms with Crippen LogP contribution in [0, 0.1) is 0 Å². The van der Waals surface area contributed by atoms with E-state index in [4.69, 9.17) is 34.8 Å². The van der Waals surface area contributed by atoms with E-state index in [1.54, 1.807) is 24.4 Å². The third kappa shape index (κ3) is 5.45. The van der Waals surface area contributed by atoms with Crippen molar-refractivity contribution < 1.29 is 4.79 Å². The van der Waals surface area contributed by atoms with Crippen LogP contribution in [0.25, 0.3) is 0 Å². The van der Waals surface area contributed by atoms with E-state index in [2.05, 4.69) is 10.6 Å². The first kappa shape index (κ1) is 18.7. The second-order valence-electron chi connectivity index (χ2n) is 5.11. The number of nitrogens with one attached hydrogen (secondary N) is 2. The van der Waals surface area contributed by atoms with Gasteiger partial charge in [0.1, 0.15) is 0 Å². The molecule has 0 bridgehead atoms. The summed E-state index contributed by atoms with van der Waals surface area (Å²) in [7, 11) is 0. The molecule has 0 aliphatic rings. The highest BCUT2D eigenvalue weighted by molar-refractivity contribution is 6.36. The van der Waals surface area contributed by atoms with Crippen LogP contribution in [0.5, 0.6) is 0 Å². The van der Waals surface area contributed by atoms with Gasteiger partial charge in [-0.05, 0) is 42.3 Å². The van der Waals surface area contributed by atoms with Crippen molar-refractivity contribution in [3.8, 4) is 0 Å². The summed E-state index contributed by atoms with van der Waals surface area (Å²) in [5.74, 6) is -0.203. The van der Waals surface area contributed by atoms with Crippen molar-refractivity contribution in [1.29, 1.82) is 0 Å². The highest BCUT2D eigenvalue weighted by Gasteiger charge is 2.10. The molecule has 6 heteroatoms. The van der Waals surface area contributed by atoms with E-state index in [1.807, 2.05) is 31.2 Å². The van der Waals surface area contributed by atoms with Crippen molar-refractivity contribution in [2.45, 2.75) is 19.9 Å². The summed E-state index contributed by atoms with van der Waals surface area (Å²) in [6, 6.07) is 12.5. The average Bonchev–Trinajstić information content (AvgIpc) is 2.56. The predicted molar refractivity (Wildman–Crippen MR) is 102 cm³/mol. The largest absolute Gasteiger partial charge is 0.386 e. The minimum absolute atomic E-state index is 0.203. The minimum atomic E-state index is -0.203. The van der Waals surface area contributed by atoms with Crippen molar-refractivity contribution in [2.75, 3.05) is 5.32 Å². The summed E-state index contributed by atoms with van der Waals surface area (Å²) in [5.41, 5.74) is 2.23. The number of hydrogen-bond donors (Lipinski definition) is 2. The number of halogens is 3. The Morgan fingerprint density at radius 2 is 1.71 bits per heavy atom. The van der Waals surface area contributed by atoms with Crippen LogP contribution in [0.2, 0.25) is 15.1 Å². The number of benzene rings is 2. The SMILES string of the molecule is CC/C(=C/NCc1ccc(Cl)cc1)C(=O)Nc1ccc(Cl)cc1Cl. The molecule has 2 rings (SSSR count). The molecule has 1 amide bonds. The normalized spacial score (nSPS) is 11.2. The van der Waals surface area contributed by atoms with E-state index in [9.17, 15) is 4.79 Å². The lowest BCUT2D eigenvalue weighted by atomic mass is 10.2. The molecule has 0 radical (unpaired) electrons. The molecule has 0 fully saturated rings. The summed E-state index contributed by atoms with van der Waals surface area (Å²) in [4.78, 5) is 12.3. The first-order valence-electron chi connectivity index (χ1n) is 7.43. The monoisotopic (exact) mass is 382 g/mol. The molecule has 24 heavy (non-hydrogen) atoms. The molecule has 0 aliphatic carbocycles. The maximum atomic E-state index is 12.3. The second-order valence-corrected chi connectivity index (χ2v) is 6.39. The van der Waals surface area contributed by atoms with Crippen molar-refractivity contribution >= 4 is 46.4 Å². The van der Waals surface area contributed by atoms with Crippen LogP contribution < -0.4 is 10.6 Å². The molecule has 2 N–H and O–H groups in total. The van der Waals surface area contributed by atoms with Gasteiger partial charge in [-0.1, -0.05) is 53.9 Å². The fraction of sp³-hybridized carbons (Fsp3) is 0.167. The van der Waals surface area contributed by atoms with Crippen molar-refractivity contribution in [3.63, 3.8) is 0 Å². The molecule has 3 nitrogen and oxygen atoms in total. The molecule has 0 spiro atoms. The zero-order valence-corrected chi connectivity index (χ0v) is 15.3. The van der Waals surface area contributed by atoms with Gasteiger partial charge >= 0.3 is 0 Å². The summed E-state index contributed by atoms with van der Waals surface area (Å²) in [6.07, 6.45) is 2.30. The van der Waals surface area contributed by atoms with E-state index >= 15 is 0 Å². The van der Waals surface area contributed by atoms with Gasteiger partial charge in [-0.2, -0.15) is 0 Å². The van der Waals surface area contributed by atoms with Crippen LogP contribution in [0.3, 0.4) is 0 Å². The Hall–Kier alpha value is -1.68. The van der Waals surface area contributed by atoms with Crippen LogP contribution in [-0.2, 0) is 11.3 Å². The standard InChI is InChI=1S/C18H17Cl3N2O/c1-2-13(11-22-10-12-3-5-14(19)6-4-12)18(24)23-17-8-7-15(20)9-16(17)21/h3-9,11,22H,2,10H2,1H3,(H,23,24)/b13-11-. The molecular formula is C18H17Cl3N2O. The second kappa shape index (κ2) is 8.97. The number of amides is 1. The number of carbonyl (C=O) groups is 1. The van der Waals surface area contributed by atoms with Crippen LogP contribution >= 0.6 is 34.8 Å². The van der Waals surface area contributed by atoms with Gasteiger partial charge in [0.2, 0.25) is 0 Å². The Labute approximate surface area is 156 Å². The summed E-state index contributed by atoms with van der Waals surface area (Å²) >= 11 is 17.8. The maximum absolute atomic E-state index is 12.3. The van der Waals surface area contributed by atoms with Crippen molar-refractivity contribution in [3.05, 3.63) is 74.9 Å².